The lowest BCUT2D eigenvalue weighted by molar-refractivity contribution is -0.147. The summed E-state index contributed by atoms with van der Waals surface area (Å²) in [5, 5.41) is 11.9. The minimum absolute atomic E-state index is 0.0782. The van der Waals surface area contributed by atoms with E-state index in [4.69, 9.17) is 10.5 Å². The summed E-state index contributed by atoms with van der Waals surface area (Å²) in [7, 11) is 0. The van der Waals surface area contributed by atoms with Crippen LogP contribution in [0.4, 0.5) is 0 Å². The lowest BCUT2D eigenvalue weighted by atomic mass is 10.0. The standard InChI is InChI=1S/C38H70N2O5/c1-3-5-7-9-11-13-15-19-23-28-34(45-37(42)32-26-22-16-14-12-10-8-6-4-2)29-24-20-17-18-21-25-31-36(41)40-35(38(43)44)30-27-33-39/h13,15,23,28,34-35H,3-12,14,16-22,24-27,29-33,39H2,1-2H3,(H,40,41)(H,43,44)/b15-13-,28-23-. The molecule has 1 amide bonds. The number of ether oxygens (including phenoxy) is 1. The summed E-state index contributed by atoms with van der Waals surface area (Å²) in [6.07, 6.45) is 35.2. The van der Waals surface area contributed by atoms with Crippen LogP contribution in [0.5, 0.6) is 0 Å². The van der Waals surface area contributed by atoms with Crippen molar-refractivity contribution in [2.45, 2.75) is 193 Å². The summed E-state index contributed by atoms with van der Waals surface area (Å²) >= 11 is 0. The Labute approximate surface area is 276 Å². The normalized spacial score (nSPS) is 13.0. The van der Waals surface area contributed by atoms with Crippen molar-refractivity contribution in [1.29, 1.82) is 0 Å². The van der Waals surface area contributed by atoms with Crippen LogP contribution in [-0.4, -0.2) is 41.6 Å². The van der Waals surface area contributed by atoms with Crippen LogP contribution in [0.3, 0.4) is 0 Å². The number of carboxylic acid groups (broad SMARTS) is 1. The zero-order valence-electron chi connectivity index (χ0n) is 29.2. The molecule has 0 bridgehead atoms. The van der Waals surface area contributed by atoms with Crippen molar-refractivity contribution < 1.29 is 24.2 Å². The molecule has 0 aliphatic rings. The maximum absolute atomic E-state index is 12.6. The van der Waals surface area contributed by atoms with Crippen molar-refractivity contribution in [2.24, 2.45) is 5.73 Å². The number of unbranched alkanes of at least 4 members (excludes halogenated alkanes) is 17. The van der Waals surface area contributed by atoms with Gasteiger partial charge in [-0.1, -0.05) is 128 Å². The summed E-state index contributed by atoms with van der Waals surface area (Å²) in [4.78, 5) is 36.0. The molecule has 0 heterocycles. The van der Waals surface area contributed by atoms with Gasteiger partial charge in [0.15, 0.2) is 0 Å². The molecule has 0 radical (unpaired) electrons. The van der Waals surface area contributed by atoms with E-state index in [1.807, 2.05) is 0 Å². The second kappa shape index (κ2) is 33.2. The van der Waals surface area contributed by atoms with Crippen LogP contribution in [0.1, 0.15) is 181 Å². The molecule has 0 fully saturated rings. The van der Waals surface area contributed by atoms with E-state index in [2.05, 4.69) is 43.5 Å². The Hall–Kier alpha value is -2.15. The highest BCUT2D eigenvalue weighted by Crippen LogP contribution is 2.15. The molecular weight excluding hydrogens is 564 g/mol. The van der Waals surface area contributed by atoms with E-state index >= 15 is 0 Å². The lowest BCUT2D eigenvalue weighted by Crippen LogP contribution is -2.40. The zero-order valence-corrected chi connectivity index (χ0v) is 29.2. The number of allylic oxidation sites excluding steroid dienone is 3. The zero-order chi connectivity index (χ0) is 33.2. The molecule has 2 atom stereocenters. The first-order valence-electron chi connectivity index (χ1n) is 18.7. The molecule has 0 rings (SSSR count). The average molecular weight is 635 g/mol. The van der Waals surface area contributed by atoms with Crippen LogP contribution in [0, 0.1) is 0 Å². The number of nitrogens with one attached hydrogen (secondary N) is 1. The van der Waals surface area contributed by atoms with Crippen LogP contribution in [0.15, 0.2) is 24.3 Å². The van der Waals surface area contributed by atoms with Crippen molar-refractivity contribution >= 4 is 17.8 Å². The summed E-state index contributed by atoms with van der Waals surface area (Å²) in [5.41, 5.74) is 5.46. The number of rotatable bonds is 33. The SMILES string of the molecule is CCCCCC/C=C\C/C=C\C(CCCCCCCCC(=O)NC(CCCN)C(=O)O)OC(=O)CCCCCCCCCCC. The Morgan fingerprint density at radius 2 is 1.22 bits per heavy atom. The van der Waals surface area contributed by atoms with Crippen LogP contribution in [0.25, 0.3) is 0 Å². The molecule has 0 saturated heterocycles. The minimum Gasteiger partial charge on any atom is -0.480 e. The third-order valence-electron chi connectivity index (χ3n) is 8.25. The van der Waals surface area contributed by atoms with Crippen molar-refractivity contribution in [2.75, 3.05) is 6.54 Å². The van der Waals surface area contributed by atoms with Gasteiger partial charge < -0.3 is 20.9 Å². The highest BCUT2D eigenvalue weighted by molar-refractivity contribution is 5.83. The van der Waals surface area contributed by atoms with Crippen molar-refractivity contribution in [3.05, 3.63) is 24.3 Å². The fourth-order valence-electron chi connectivity index (χ4n) is 5.40. The highest BCUT2D eigenvalue weighted by Gasteiger charge is 2.18. The van der Waals surface area contributed by atoms with Gasteiger partial charge in [-0.05, 0) is 70.4 Å². The van der Waals surface area contributed by atoms with Crippen molar-refractivity contribution in [3.8, 4) is 0 Å². The molecule has 262 valence electrons. The number of aliphatic carboxylic acids is 1. The summed E-state index contributed by atoms with van der Waals surface area (Å²) in [6.45, 7) is 4.89. The van der Waals surface area contributed by atoms with Gasteiger partial charge in [0.2, 0.25) is 5.91 Å². The summed E-state index contributed by atoms with van der Waals surface area (Å²) in [6, 6.07) is -0.853. The van der Waals surface area contributed by atoms with Crippen LogP contribution in [-0.2, 0) is 19.1 Å². The fourth-order valence-corrected chi connectivity index (χ4v) is 5.40. The minimum atomic E-state index is -1.01. The molecule has 7 nitrogen and oxygen atoms in total. The maximum Gasteiger partial charge on any atom is 0.326 e. The topological polar surface area (TPSA) is 119 Å². The average Bonchev–Trinajstić information content (AvgIpc) is 3.02. The molecule has 2 unspecified atom stereocenters. The quantitative estimate of drug-likeness (QED) is 0.0376. The fraction of sp³-hybridized carbons (Fsp3) is 0.816. The van der Waals surface area contributed by atoms with E-state index in [9.17, 15) is 19.5 Å². The highest BCUT2D eigenvalue weighted by atomic mass is 16.5. The Balaban J connectivity index is 4.36. The summed E-state index contributed by atoms with van der Waals surface area (Å²) < 4.78 is 5.90. The molecule has 4 N–H and O–H groups in total. The van der Waals surface area contributed by atoms with Crippen LogP contribution in [0.2, 0.25) is 0 Å². The van der Waals surface area contributed by atoms with Gasteiger partial charge >= 0.3 is 11.9 Å². The van der Waals surface area contributed by atoms with E-state index in [1.165, 1.54) is 70.6 Å². The third kappa shape index (κ3) is 30.3. The van der Waals surface area contributed by atoms with E-state index in [1.54, 1.807) is 0 Å². The summed E-state index contributed by atoms with van der Waals surface area (Å²) in [5.74, 6) is -1.29. The van der Waals surface area contributed by atoms with Gasteiger partial charge in [0.05, 0.1) is 0 Å². The second-order valence-corrected chi connectivity index (χ2v) is 12.6. The Bertz CT molecular complexity index is 767. The van der Waals surface area contributed by atoms with Crippen LogP contribution >= 0.6 is 0 Å². The Morgan fingerprint density at radius 3 is 1.82 bits per heavy atom. The van der Waals surface area contributed by atoms with Gasteiger partial charge in [-0.2, -0.15) is 0 Å². The predicted octanol–water partition coefficient (Wildman–Crippen LogP) is 9.72. The largest absolute Gasteiger partial charge is 0.480 e. The first kappa shape index (κ1) is 42.9. The molecule has 0 aromatic carbocycles. The van der Waals surface area contributed by atoms with Gasteiger partial charge in [0.1, 0.15) is 12.1 Å². The molecular formula is C38H70N2O5. The number of carbonyl (C=O) groups excluding carboxylic acids is 2. The molecule has 0 aliphatic carbocycles. The Kier molecular flexibility index (Phi) is 31.6. The van der Waals surface area contributed by atoms with Crippen molar-refractivity contribution in [1.82, 2.24) is 5.32 Å². The number of amides is 1. The molecule has 45 heavy (non-hydrogen) atoms. The second-order valence-electron chi connectivity index (χ2n) is 12.6. The lowest BCUT2D eigenvalue weighted by Gasteiger charge is -2.15. The molecule has 0 spiro atoms. The van der Waals surface area contributed by atoms with Gasteiger partial charge in [-0.15, -0.1) is 0 Å². The number of esters is 1. The first-order chi connectivity index (χ1) is 21.9. The predicted molar refractivity (Wildman–Crippen MR) is 188 cm³/mol. The van der Waals surface area contributed by atoms with Gasteiger partial charge in [0.25, 0.3) is 0 Å². The third-order valence-corrected chi connectivity index (χ3v) is 8.25. The number of carbonyl (C=O) groups is 3. The maximum atomic E-state index is 12.6. The van der Waals surface area contributed by atoms with Gasteiger partial charge in [-0.25, -0.2) is 4.79 Å². The van der Waals surface area contributed by atoms with E-state index in [-0.39, 0.29) is 18.0 Å². The number of carboxylic acids is 1. The van der Waals surface area contributed by atoms with E-state index < -0.39 is 12.0 Å². The molecule has 0 aliphatic heterocycles. The Morgan fingerprint density at radius 1 is 0.667 bits per heavy atom. The first-order valence-corrected chi connectivity index (χ1v) is 18.7. The van der Waals surface area contributed by atoms with Crippen LogP contribution < -0.4 is 11.1 Å². The molecule has 0 saturated carbocycles. The van der Waals surface area contributed by atoms with E-state index in [0.29, 0.717) is 32.2 Å². The van der Waals surface area contributed by atoms with Crippen molar-refractivity contribution in [3.63, 3.8) is 0 Å². The molecule has 0 aromatic rings. The number of hydrogen-bond acceptors (Lipinski definition) is 5. The molecule has 0 aromatic heterocycles. The molecule has 7 heteroatoms. The smallest absolute Gasteiger partial charge is 0.326 e. The number of nitrogens with two attached hydrogens (primary N) is 1. The van der Waals surface area contributed by atoms with Gasteiger partial charge in [0, 0.05) is 12.8 Å². The van der Waals surface area contributed by atoms with Gasteiger partial charge in [-0.3, -0.25) is 9.59 Å². The monoisotopic (exact) mass is 635 g/mol. The van der Waals surface area contributed by atoms with E-state index in [0.717, 1.165) is 70.6 Å². The number of hydrogen-bond donors (Lipinski definition) is 3.